The lowest BCUT2D eigenvalue weighted by molar-refractivity contribution is 0.141. The van der Waals surface area contributed by atoms with Crippen LogP contribution in [0.2, 0.25) is 0 Å². The lowest BCUT2D eigenvalue weighted by Gasteiger charge is -2.24. The molecule has 0 atom stereocenters. The van der Waals surface area contributed by atoms with E-state index in [1.165, 1.54) is 25.3 Å². The second-order valence-corrected chi connectivity index (χ2v) is 6.86. The molecule has 0 spiro atoms. The standard InChI is InChI=1S/C13H20FNO4S/c1-13(2,10-18-3)15-20(16,17)9-8-19-12-7-5-4-6-11(12)14/h4-7,15H,8-10H2,1-3H3. The Morgan fingerprint density at radius 3 is 2.55 bits per heavy atom. The first-order valence-electron chi connectivity index (χ1n) is 6.14. The maximum Gasteiger partial charge on any atom is 0.215 e. The van der Waals surface area contributed by atoms with Crippen molar-refractivity contribution in [1.82, 2.24) is 4.72 Å². The summed E-state index contributed by atoms with van der Waals surface area (Å²) in [6, 6.07) is 5.86. The molecule has 0 aliphatic rings. The number of ether oxygens (including phenoxy) is 2. The molecule has 1 aromatic rings. The number of nitrogens with one attached hydrogen (secondary N) is 1. The van der Waals surface area contributed by atoms with Crippen molar-refractivity contribution in [2.24, 2.45) is 0 Å². The molecule has 0 radical (unpaired) electrons. The Morgan fingerprint density at radius 1 is 1.30 bits per heavy atom. The van der Waals surface area contributed by atoms with Crippen LogP contribution in [0.5, 0.6) is 5.75 Å². The van der Waals surface area contributed by atoms with Crippen LogP contribution in [-0.4, -0.2) is 40.0 Å². The van der Waals surface area contributed by atoms with E-state index in [9.17, 15) is 12.8 Å². The highest BCUT2D eigenvalue weighted by atomic mass is 32.2. The van der Waals surface area contributed by atoms with Crippen molar-refractivity contribution >= 4 is 10.0 Å². The maximum absolute atomic E-state index is 13.3. The van der Waals surface area contributed by atoms with Crippen LogP contribution in [0.15, 0.2) is 24.3 Å². The van der Waals surface area contributed by atoms with Gasteiger partial charge in [0, 0.05) is 7.11 Å². The summed E-state index contributed by atoms with van der Waals surface area (Å²) in [5, 5.41) is 0. The second-order valence-electron chi connectivity index (χ2n) is 5.02. The molecule has 0 heterocycles. The predicted octanol–water partition coefficient (Wildman–Crippen LogP) is 1.55. The van der Waals surface area contributed by atoms with Crippen molar-refractivity contribution < 1.29 is 22.3 Å². The molecule has 0 aromatic heterocycles. The number of halogens is 1. The number of hydrogen-bond acceptors (Lipinski definition) is 4. The SMILES string of the molecule is COCC(C)(C)NS(=O)(=O)CCOc1ccccc1F. The monoisotopic (exact) mass is 305 g/mol. The Bertz CT molecular complexity index is 531. The third kappa shape index (κ3) is 5.85. The van der Waals surface area contributed by atoms with Gasteiger partial charge in [0.1, 0.15) is 6.61 Å². The van der Waals surface area contributed by atoms with Crippen molar-refractivity contribution in [3.8, 4) is 5.75 Å². The van der Waals surface area contributed by atoms with Crippen LogP contribution in [0.3, 0.4) is 0 Å². The van der Waals surface area contributed by atoms with Gasteiger partial charge in [0.25, 0.3) is 0 Å². The normalized spacial score (nSPS) is 12.4. The minimum atomic E-state index is -3.52. The summed E-state index contributed by atoms with van der Waals surface area (Å²) in [4.78, 5) is 0. The fourth-order valence-corrected chi connectivity index (χ4v) is 2.99. The summed E-state index contributed by atoms with van der Waals surface area (Å²) in [5.74, 6) is -0.731. The van der Waals surface area contributed by atoms with E-state index in [-0.39, 0.29) is 24.7 Å². The molecule has 0 bridgehead atoms. The molecule has 5 nitrogen and oxygen atoms in total. The first-order valence-corrected chi connectivity index (χ1v) is 7.79. The second kappa shape index (κ2) is 7.01. The molecule has 20 heavy (non-hydrogen) atoms. The van der Waals surface area contributed by atoms with Gasteiger partial charge in [-0.3, -0.25) is 0 Å². The van der Waals surface area contributed by atoms with Gasteiger partial charge in [0.2, 0.25) is 10.0 Å². The van der Waals surface area contributed by atoms with E-state index in [2.05, 4.69) is 4.72 Å². The molecule has 1 rings (SSSR count). The van der Waals surface area contributed by atoms with Crippen LogP contribution in [0.1, 0.15) is 13.8 Å². The molecular formula is C13H20FNO4S. The molecule has 0 amide bonds. The number of methoxy groups -OCH3 is 1. The Balaban J connectivity index is 2.50. The molecule has 0 aliphatic carbocycles. The molecule has 114 valence electrons. The average Bonchev–Trinajstić information content (AvgIpc) is 2.29. The summed E-state index contributed by atoms with van der Waals surface area (Å²) < 4.78 is 49.5. The van der Waals surface area contributed by atoms with Crippen LogP contribution in [0.25, 0.3) is 0 Å². The van der Waals surface area contributed by atoms with Gasteiger partial charge in [-0.05, 0) is 26.0 Å². The molecule has 0 aliphatic heterocycles. The molecule has 0 saturated carbocycles. The third-order valence-electron chi connectivity index (χ3n) is 2.38. The number of rotatable bonds is 8. The zero-order valence-corrected chi connectivity index (χ0v) is 12.7. The molecule has 1 N–H and O–H groups in total. The van der Waals surface area contributed by atoms with Crippen LogP contribution < -0.4 is 9.46 Å². The fraction of sp³-hybridized carbons (Fsp3) is 0.538. The molecule has 7 heteroatoms. The smallest absolute Gasteiger partial charge is 0.215 e. The Hall–Kier alpha value is -1.18. The first kappa shape index (κ1) is 16.9. The summed E-state index contributed by atoms with van der Waals surface area (Å²) in [6.07, 6.45) is 0. The van der Waals surface area contributed by atoms with Gasteiger partial charge in [0.15, 0.2) is 11.6 Å². The number of hydrogen-bond donors (Lipinski definition) is 1. The van der Waals surface area contributed by atoms with Gasteiger partial charge in [0.05, 0.1) is 17.9 Å². The fourth-order valence-electron chi connectivity index (χ4n) is 1.69. The highest BCUT2D eigenvalue weighted by Gasteiger charge is 2.24. The maximum atomic E-state index is 13.3. The Kier molecular flexibility index (Phi) is 5.91. The zero-order chi connectivity index (χ0) is 15.2. The third-order valence-corrected chi connectivity index (χ3v) is 3.95. The largest absolute Gasteiger partial charge is 0.489 e. The quantitative estimate of drug-likeness (QED) is 0.791. The van der Waals surface area contributed by atoms with Crippen LogP contribution >= 0.6 is 0 Å². The van der Waals surface area contributed by atoms with E-state index in [0.717, 1.165) is 0 Å². The average molecular weight is 305 g/mol. The van der Waals surface area contributed by atoms with Crippen molar-refractivity contribution in [1.29, 1.82) is 0 Å². The van der Waals surface area contributed by atoms with Crippen molar-refractivity contribution in [3.63, 3.8) is 0 Å². The lowest BCUT2D eigenvalue weighted by atomic mass is 10.1. The van der Waals surface area contributed by atoms with Gasteiger partial charge >= 0.3 is 0 Å². The van der Waals surface area contributed by atoms with E-state index in [1.807, 2.05) is 0 Å². The van der Waals surface area contributed by atoms with Crippen LogP contribution in [0.4, 0.5) is 4.39 Å². The Morgan fingerprint density at radius 2 is 1.95 bits per heavy atom. The highest BCUT2D eigenvalue weighted by molar-refractivity contribution is 7.89. The summed E-state index contributed by atoms with van der Waals surface area (Å²) in [6.45, 7) is 3.55. The lowest BCUT2D eigenvalue weighted by Crippen LogP contribution is -2.48. The van der Waals surface area contributed by atoms with Gasteiger partial charge < -0.3 is 9.47 Å². The molecule has 1 aromatic carbocycles. The zero-order valence-electron chi connectivity index (χ0n) is 11.8. The summed E-state index contributed by atoms with van der Waals surface area (Å²) in [7, 11) is -2.02. The van der Waals surface area contributed by atoms with Crippen molar-refractivity contribution in [3.05, 3.63) is 30.1 Å². The highest BCUT2D eigenvalue weighted by Crippen LogP contribution is 2.15. The molecule has 0 saturated heterocycles. The van der Waals surface area contributed by atoms with E-state index in [4.69, 9.17) is 9.47 Å². The summed E-state index contributed by atoms with van der Waals surface area (Å²) in [5.41, 5.74) is -0.703. The van der Waals surface area contributed by atoms with Gasteiger partial charge in [-0.2, -0.15) is 0 Å². The van der Waals surface area contributed by atoms with Crippen LogP contribution in [-0.2, 0) is 14.8 Å². The minimum absolute atomic E-state index is 0.0406. The van der Waals surface area contributed by atoms with E-state index < -0.39 is 21.4 Å². The first-order chi connectivity index (χ1) is 9.26. The van der Waals surface area contributed by atoms with Gasteiger partial charge in [-0.1, -0.05) is 12.1 Å². The van der Waals surface area contributed by atoms with E-state index in [0.29, 0.717) is 0 Å². The number of para-hydroxylation sites is 1. The Labute approximate surface area is 119 Å². The van der Waals surface area contributed by atoms with Gasteiger partial charge in [-0.25, -0.2) is 17.5 Å². The topological polar surface area (TPSA) is 64.6 Å². The van der Waals surface area contributed by atoms with Crippen LogP contribution in [0, 0.1) is 5.82 Å². The number of benzene rings is 1. The van der Waals surface area contributed by atoms with E-state index in [1.54, 1.807) is 19.9 Å². The number of sulfonamides is 1. The molecule has 0 unspecified atom stereocenters. The van der Waals surface area contributed by atoms with Crippen molar-refractivity contribution in [2.75, 3.05) is 26.1 Å². The predicted molar refractivity (Wildman–Crippen MR) is 74.8 cm³/mol. The van der Waals surface area contributed by atoms with E-state index >= 15 is 0 Å². The summed E-state index contributed by atoms with van der Waals surface area (Å²) >= 11 is 0. The minimum Gasteiger partial charge on any atom is -0.489 e. The molecule has 0 fully saturated rings. The van der Waals surface area contributed by atoms with Crippen molar-refractivity contribution in [2.45, 2.75) is 19.4 Å². The van der Waals surface area contributed by atoms with Gasteiger partial charge in [-0.15, -0.1) is 0 Å². The molecular weight excluding hydrogens is 285 g/mol.